The van der Waals surface area contributed by atoms with E-state index in [1.165, 1.54) is 23.0 Å². The maximum atomic E-state index is 13.3. The van der Waals surface area contributed by atoms with Crippen molar-refractivity contribution in [3.05, 3.63) is 53.4 Å². The molecule has 0 radical (unpaired) electrons. The van der Waals surface area contributed by atoms with Gasteiger partial charge in [0, 0.05) is 25.9 Å². The van der Waals surface area contributed by atoms with Crippen molar-refractivity contribution in [2.75, 3.05) is 6.54 Å². The first-order valence-electron chi connectivity index (χ1n) is 5.77. The molecule has 100 valence electrons. The van der Waals surface area contributed by atoms with E-state index >= 15 is 0 Å². The number of aromatic nitrogens is 2. The van der Waals surface area contributed by atoms with E-state index < -0.39 is 11.6 Å². The van der Waals surface area contributed by atoms with Gasteiger partial charge in [0.25, 0.3) is 5.91 Å². The van der Waals surface area contributed by atoms with Gasteiger partial charge in [0.1, 0.15) is 11.6 Å². The molecule has 0 atom stereocenters. The molecule has 1 heterocycles. The molecule has 6 heteroatoms. The van der Waals surface area contributed by atoms with Crippen LogP contribution in [0.25, 0.3) is 0 Å². The first-order chi connectivity index (χ1) is 9.06. The van der Waals surface area contributed by atoms with Crippen LogP contribution in [-0.4, -0.2) is 22.2 Å². The molecule has 0 bridgehead atoms. The van der Waals surface area contributed by atoms with Crippen LogP contribution in [0.1, 0.15) is 15.9 Å². The third-order valence-electron chi connectivity index (χ3n) is 2.66. The second-order valence-electron chi connectivity index (χ2n) is 4.14. The van der Waals surface area contributed by atoms with Crippen LogP contribution in [0.3, 0.4) is 0 Å². The third kappa shape index (κ3) is 3.37. The Kier molecular flexibility index (Phi) is 3.89. The lowest BCUT2D eigenvalue weighted by Gasteiger charge is -2.05. The molecular formula is C13H13F2N3O. The molecule has 0 unspecified atom stereocenters. The van der Waals surface area contributed by atoms with E-state index in [4.69, 9.17) is 0 Å². The Morgan fingerprint density at radius 3 is 2.84 bits per heavy atom. The number of rotatable bonds is 4. The van der Waals surface area contributed by atoms with Gasteiger partial charge in [0.05, 0.1) is 11.8 Å². The number of nitrogens with one attached hydrogen (secondary N) is 1. The van der Waals surface area contributed by atoms with Crippen LogP contribution >= 0.6 is 0 Å². The Hall–Kier alpha value is -2.24. The first kappa shape index (κ1) is 13.2. The van der Waals surface area contributed by atoms with E-state index in [0.29, 0.717) is 17.5 Å². The maximum Gasteiger partial charge on any atom is 0.254 e. The van der Waals surface area contributed by atoms with Crippen LogP contribution in [-0.2, 0) is 13.5 Å². The third-order valence-corrected chi connectivity index (χ3v) is 2.66. The van der Waals surface area contributed by atoms with Crippen LogP contribution < -0.4 is 5.32 Å². The van der Waals surface area contributed by atoms with E-state index in [0.717, 1.165) is 6.07 Å². The lowest BCUT2D eigenvalue weighted by atomic mass is 10.1. The van der Waals surface area contributed by atoms with Gasteiger partial charge in [-0.05, 0) is 18.1 Å². The highest BCUT2D eigenvalue weighted by Gasteiger charge is 2.08. The molecule has 1 aromatic carbocycles. The molecule has 1 amide bonds. The summed E-state index contributed by atoms with van der Waals surface area (Å²) in [6.45, 7) is 0.274. The Morgan fingerprint density at radius 2 is 2.21 bits per heavy atom. The summed E-state index contributed by atoms with van der Waals surface area (Å²) >= 11 is 0. The second kappa shape index (κ2) is 5.60. The smallest absolute Gasteiger partial charge is 0.254 e. The van der Waals surface area contributed by atoms with Crippen molar-refractivity contribution in [1.29, 1.82) is 0 Å². The van der Waals surface area contributed by atoms with Gasteiger partial charge in [-0.1, -0.05) is 6.07 Å². The molecule has 0 saturated heterocycles. The summed E-state index contributed by atoms with van der Waals surface area (Å²) in [5.41, 5.74) is 0.815. The fourth-order valence-corrected chi connectivity index (χ4v) is 1.68. The van der Waals surface area contributed by atoms with Crippen molar-refractivity contribution in [3.8, 4) is 0 Å². The first-order valence-corrected chi connectivity index (χ1v) is 5.77. The molecule has 0 spiro atoms. The molecule has 0 fully saturated rings. The molecule has 2 aromatic rings. The highest BCUT2D eigenvalue weighted by Crippen LogP contribution is 2.09. The van der Waals surface area contributed by atoms with Crippen LogP contribution in [0, 0.1) is 11.6 Å². The Balaban J connectivity index is 1.88. The quantitative estimate of drug-likeness (QED) is 0.914. The zero-order valence-corrected chi connectivity index (χ0v) is 10.4. The van der Waals surface area contributed by atoms with Gasteiger partial charge in [-0.3, -0.25) is 9.48 Å². The number of carbonyl (C=O) groups excluding carboxylic acids is 1. The molecule has 2 rings (SSSR count). The Labute approximate surface area is 109 Å². The molecule has 1 N–H and O–H groups in total. The van der Waals surface area contributed by atoms with Gasteiger partial charge in [-0.15, -0.1) is 0 Å². The Morgan fingerprint density at radius 1 is 1.42 bits per heavy atom. The molecule has 0 aliphatic heterocycles. The van der Waals surface area contributed by atoms with Gasteiger partial charge in [0.15, 0.2) is 0 Å². The molecule has 19 heavy (non-hydrogen) atoms. The molecular weight excluding hydrogens is 252 g/mol. The van der Waals surface area contributed by atoms with E-state index in [1.54, 1.807) is 13.2 Å². The van der Waals surface area contributed by atoms with Gasteiger partial charge >= 0.3 is 0 Å². The topological polar surface area (TPSA) is 46.9 Å². The predicted octanol–water partition coefficient (Wildman–Crippen LogP) is 1.67. The number of hydrogen-bond donors (Lipinski definition) is 1. The summed E-state index contributed by atoms with van der Waals surface area (Å²) < 4.78 is 27.6. The zero-order valence-electron chi connectivity index (χ0n) is 10.4. The fraction of sp³-hybridized carbons (Fsp3) is 0.231. The predicted molar refractivity (Wildman–Crippen MR) is 65.6 cm³/mol. The van der Waals surface area contributed by atoms with Gasteiger partial charge in [0.2, 0.25) is 0 Å². The molecule has 0 aliphatic carbocycles. The molecule has 1 aromatic heterocycles. The average molecular weight is 265 g/mol. The summed E-state index contributed by atoms with van der Waals surface area (Å²) in [5.74, 6) is -1.48. The largest absolute Gasteiger partial charge is 0.352 e. The minimum absolute atomic E-state index is 0.268. The zero-order chi connectivity index (χ0) is 13.8. The highest BCUT2D eigenvalue weighted by molar-refractivity contribution is 5.93. The normalized spacial score (nSPS) is 10.5. The summed E-state index contributed by atoms with van der Waals surface area (Å²) in [6.07, 6.45) is 3.35. The lowest BCUT2D eigenvalue weighted by molar-refractivity contribution is 0.0954. The van der Waals surface area contributed by atoms with Crippen molar-refractivity contribution >= 4 is 5.91 Å². The molecule has 4 nitrogen and oxygen atoms in total. The second-order valence-corrected chi connectivity index (χ2v) is 4.14. The van der Waals surface area contributed by atoms with E-state index in [9.17, 15) is 13.6 Å². The van der Waals surface area contributed by atoms with E-state index in [1.807, 2.05) is 0 Å². The summed E-state index contributed by atoms with van der Waals surface area (Å²) in [6, 6.07) is 3.40. The van der Waals surface area contributed by atoms with Crippen molar-refractivity contribution in [2.24, 2.45) is 7.05 Å². The summed E-state index contributed by atoms with van der Waals surface area (Å²) in [4.78, 5) is 11.7. The van der Waals surface area contributed by atoms with Crippen LogP contribution in [0.15, 0.2) is 30.6 Å². The number of benzene rings is 1. The van der Waals surface area contributed by atoms with Crippen molar-refractivity contribution < 1.29 is 13.6 Å². The van der Waals surface area contributed by atoms with Gasteiger partial charge in [-0.25, -0.2) is 8.78 Å². The molecule has 0 aliphatic rings. The van der Waals surface area contributed by atoms with Crippen LogP contribution in [0.2, 0.25) is 0 Å². The fourth-order valence-electron chi connectivity index (χ4n) is 1.68. The monoisotopic (exact) mass is 265 g/mol. The number of halogens is 2. The van der Waals surface area contributed by atoms with Crippen molar-refractivity contribution in [1.82, 2.24) is 15.1 Å². The van der Waals surface area contributed by atoms with Crippen LogP contribution in [0.4, 0.5) is 8.78 Å². The molecule has 0 saturated carbocycles. The average Bonchev–Trinajstić information content (AvgIpc) is 2.78. The van der Waals surface area contributed by atoms with Crippen molar-refractivity contribution in [2.45, 2.75) is 6.42 Å². The minimum Gasteiger partial charge on any atom is -0.352 e. The number of carbonyl (C=O) groups is 1. The summed E-state index contributed by atoms with van der Waals surface area (Å²) in [5, 5.41) is 6.53. The number of hydrogen-bond acceptors (Lipinski definition) is 2. The van der Waals surface area contributed by atoms with Gasteiger partial charge < -0.3 is 5.32 Å². The number of aryl methyl sites for hydroxylation is 1. The number of amides is 1. The SMILES string of the molecule is Cn1cc(C(=O)NCCc2ccc(F)cc2F)cn1. The lowest BCUT2D eigenvalue weighted by Crippen LogP contribution is -2.25. The standard InChI is InChI=1S/C13H13F2N3O/c1-18-8-10(7-17-18)13(19)16-5-4-9-2-3-11(14)6-12(9)15/h2-3,6-8H,4-5H2,1H3,(H,16,19). The van der Waals surface area contributed by atoms with Gasteiger partial charge in [-0.2, -0.15) is 5.10 Å². The number of nitrogens with zero attached hydrogens (tertiary/aromatic N) is 2. The van der Waals surface area contributed by atoms with Crippen molar-refractivity contribution in [3.63, 3.8) is 0 Å². The van der Waals surface area contributed by atoms with E-state index in [2.05, 4.69) is 10.4 Å². The Bertz CT molecular complexity index is 595. The summed E-state index contributed by atoms with van der Waals surface area (Å²) in [7, 11) is 1.71. The van der Waals surface area contributed by atoms with Crippen LogP contribution in [0.5, 0.6) is 0 Å². The minimum atomic E-state index is -0.611. The van der Waals surface area contributed by atoms with E-state index in [-0.39, 0.29) is 12.5 Å². The maximum absolute atomic E-state index is 13.3. The highest BCUT2D eigenvalue weighted by atomic mass is 19.1.